The Kier molecular flexibility index (Phi) is 9.21. The van der Waals surface area contributed by atoms with Crippen LogP contribution in [0.2, 0.25) is 0 Å². The van der Waals surface area contributed by atoms with Crippen molar-refractivity contribution in [2.75, 3.05) is 0 Å². The molecule has 1 aromatic carbocycles. The van der Waals surface area contributed by atoms with E-state index < -0.39 is 71.8 Å². The van der Waals surface area contributed by atoms with E-state index in [0.717, 1.165) is 12.1 Å². The molecule has 0 saturated heterocycles. The van der Waals surface area contributed by atoms with E-state index in [0.29, 0.717) is 18.6 Å². The molecule has 1 N–H and O–H groups in total. The Hall–Kier alpha value is -2.21. The predicted molar refractivity (Wildman–Crippen MR) is 97.1 cm³/mol. The van der Waals surface area contributed by atoms with Gasteiger partial charge < -0.3 is 9.84 Å². The van der Waals surface area contributed by atoms with Gasteiger partial charge in [-0.2, -0.15) is 74.6 Å². The molecule has 1 rings (SSSR count). The molecule has 2 unspecified atom stereocenters. The van der Waals surface area contributed by atoms with E-state index in [2.05, 4.69) is 0 Å². The molecule has 2 nitrogen and oxygen atoms in total. The monoisotopic (exact) mass is 612 g/mol. The van der Waals surface area contributed by atoms with E-state index in [4.69, 9.17) is 4.74 Å². The number of ether oxygens (including phenoxy) is 1. The van der Waals surface area contributed by atoms with Crippen molar-refractivity contribution < 1.29 is 84.5 Å². The predicted octanol–water partition coefficient (Wildman–Crippen LogP) is 8.30. The van der Waals surface area contributed by atoms with Gasteiger partial charge in [0.05, 0.1) is 12.2 Å². The van der Waals surface area contributed by atoms with Gasteiger partial charge in [0.25, 0.3) is 0 Å². The number of aliphatic hydroxyl groups excluding tert-OH is 1. The first-order valence-corrected chi connectivity index (χ1v) is 10.2. The zero-order valence-corrected chi connectivity index (χ0v) is 19.2. The third-order valence-electron chi connectivity index (χ3n) is 5.39. The second-order valence-electron chi connectivity index (χ2n) is 8.28. The normalized spacial score (nSPS) is 16.7. The number of alkyl halides is 17. The van der Waals surface area contributed by atoms with Gasteiger partial charge in [-0.1, -0.05) is 19.1 Å². The van der Waals surface area contributed by atoms with E-state index in [1.54, 1.807) is 6.92 Å². The Labute approximate surface area is 207 Å². The lowest BCUT2D eigenvalue weighted by Gasteiger charge is -2.43. The van der Waals surface area contributed by atoms with Crippen LogP contribution in [0.4, 0.5) is 74.6 Å². The zero-order valence-electron chi connectivity index (χ0n) is 19.2. The van der Waals surface area contributed by atoms with Crippen LogP contribution in [0.3, 0.4) is 0 Å². The fourth-order valence-corrected chi connectivity index (χ4v) is 2.80. The molecule has 228 valence electrons. The molecule has 0 spiro atoms. The summed E-state index contributed by atoms with van der Waals surface area (Å²) in [4.78, 5) is 0. The summed E-state index contributed by atoms with van der Waals surface area (Å²) in [5.41, 5.74) is -0.803. The van der Waals surface area contributed by atoms with Gasteiger partial charge >= 0.3 is 47.6 Å². The van der Waals surface area contributed by atoms with Crippen LogP contribution in [-0.4, -0.2) is 58.8 Å². The van der Waals surface area contributed by atoms with E-state index >= 15 is 0 Å². The summed E-state index contributed by atoms with van der Waals surface area (Å²) in [6.07, 6.45) is -13.9. The molecule has 0 fully saturated rings. The molecule has 0 aliphatic carbocycles. The van der Waals surface area contributed by atoms with Crippen LogP contribution >= 0.6 is 0 Å². The third-order valence-corrected chi connectivity index (χ3v) is 5.39. The SMILES string of the molecule is CCC(C)Oc1cccc(C(O)CC(F)(F)C(F)(F)C(F)(F)C(F)(F)C(F)(F)C(F)(F)C(F)(F)C(F)(F)F)c1. The van der Waals surface area contributed by atoms with Crippen LogP contribution in [0.15, 0.2) is 24.3 Å². The van der Waals surface area contributed by atoms with Gasteiger partial charge in [-0.25, -0.2) is 0 Å². The van der Waals surface area contributed by atoms with E-state index in [1.165, 1.54) is 6.92 Å². The lowest BCUT2D eigenvalue weighted by molar-refractivity contribution is -0.462. The Bertz CT molecular complexity index is 987. The molecule has 0 bridgehead atoms. The second kappa shape index (κ2) is 10.3. The lowest BCUT2D eigenvalue weighted by atomic mass is 9.87. The number of benzene rings is 1. The Morgan fingerprint density at radius 2 is 1.08 bits per heavy atom. The average Bonchev–Trinajstić information content (AvgIpc) is 2.77. The minimum atomic E-state index is -8.69. The highest BCUT2D eigenvalue weighted by Crippen LogP contribution is 2.64. The second-order valence-corrected chi connectivity index (χ2v) is 8.28. The molecule has 39 heavy (non-hydrogen) atoms. The van der Waals surface area contributed by atoms with Crippen molar-refractivity contribution in [3.8, 4) is 5.75 Å². The van der Waals surface area contributed by atoms with Gasteiger partial charge in [-0.05, 0) is 31.0 Å². The van der Waals surface area contributed by atoms with Gasteiger partial charge in [-0.15, -0.1) is 0 Å². The molecule has 0 amide bonds. The molecule has 0 aliphatic heterocycles. The van der Waals surface area contributed by atoms with Gasteiger partial charge in [0, 0.05) is 6.42 Å². The third kappa shape index (κ3) is 5.55. The summed E-state index contributed by atoms with van der Waals surface area (Å²) in [6, 6.07) is 3.51. The van der Waals surface area contributed by atoms with E-state index in [1.807, 2.05) is 0 Å². The molecular formula is C20H17F17O2. The summed E-state index contributed by atoms with van der Waals surface area (Å²) in [6.45, 7) is 3.11. The highest BCUT2D eigenvalue weighted by molar-refractivity contribution is 5.30. The van der Waals surface area contributed by atoms with Gasteiger partial charge in [0.1, 0.15) is 5.75 Å². The van der Waals surface area contributed by atoms with Crippen molar-refractivity contribution in [1.82, 2.24) is 0 Å². The van der Waals surface area contributed by atoms with Crippen LogP contribution in [0, 0.1) is 0 Å². The highest BCUT2D eigenvalue weighted by atomic mass is 19.4. The molecular weight excluding hydrogens is 595 g/mol. The number of hydrogen-bond donors (Lipinski definition) is 1. The molecule has 19 heteroatoms. The van der Waals surface area contributed by atoms with Gasteiger partial charge in [0.2, 0.25) is 0 Å². The van der Waals surface area contributed by atoms with Crippen molar-refractivity contribution >= 4 is 0 Å². The molecule has 1 aromatic rings. The van der Waals surface area contributed by atoms with E-state index in [-0.39, 0.29) is 5.75 Å². The van der Waals surface area contributed by atoms with Crippen molar-refractivity contribution in [3.63, 3.8) is 0 Å². The fourth-order valence-electron chi connectivity index (χ4n) is 2.80. The average molecular weight is 612 g/mol. The summed E-state index contributed by atoms with van der Waals surface area (Å²) in [5, 5.41) is 9.80. The summed E-state index contributed by atoms with van der Waals surface area (Å²) in [5.74, 6) is -57.3. The fraction of sp³-hybridized carbons (Fsp3) is 0.700. The maximum absolute atomic E-state index is 14.1. The quantitative estimate of drug-likeness (QED) is 0.241. The van der Waals surface area contributed by atoms with E-state index in [9.17, 15) is 79.7 Å². The molecule has 0 saturated carbocycles. The minimum Gasteiger partial charge on any atom is -0.491 e. The molecule has 0 heterocycles. The lowest BCUT2D eigenvalue weighted by Crippen LogP contribution is -2.74. The van der Waals surface area contributed by atoms with Crippen LogP contribution in [0.5, 0.6) is 5.75 Å². The summed E-state index contributed by atoms with van der Waals surface area (Å²) < 4.78 is 232. The Balaban J connectivity index is 3.48. The maximum atomic E-state index is 14.1. The van der Waals surface area contributed by atoms with Crippen molar-refractivity contribution in [1.29, 1.82) is 0 Å². The van der Waals surface area contributed by atoms with Gasteiger partial charge in [-0.3, -0.25) is 0 Å². The maximum Gasteiger partial charge on any atom is 0.460 e. The zero-order chi connectivity index (χ0) is 31.3. The highest BCUT2D eigenvalue weighted by Gasteiger charge is 2.95. The first-order valence-electron chi connectivity index (χ1n) is 10.2. The molecule has 0 aliphatic rings. The molecule has 0 aromatic heterocycles. The standard InChI is InChI=1S/C20H17F17O2/c1-3-9(2)39-11-6-4-5-10(7-11)12(38)8-13(21,22)14(23,24)15(25,26)16(27,28)17(29,30)18(31,32)19(33,34)20(35,36)37/h4-7,9,12,38H,3,8H2,1-2H3. The van der Waals surface area contributed by atoms with Crippen LogP contribution in [0.1, 0.15) is 38.4 Å². The Morgan fingerprint density at radius 1 is 0.667 bits per heavy atom. The largest absolute Gasteiger partial charge is 0.491 e. The molecule has 2 atom stereocenters. The van der Waals surface area contributed by atoms with Crippen molar-refractivity contribution in [2.45, 2.75) is 86.5 Å². The number of aliphatic hydroxyl groups is 1. The molecule has 0 radical (unpaired) electrons. The van der Waals surface area contributed by atoms with Crippen LogP contribution in [0.25, 0.3) is 0 Å². The number of rotatable bonds is 12. The topological polar surface area (TPSA) is 29.5 Å². The van der Waals surface area contributed by atoms with Crippen molar-refractivity contribution in [2.24, 2.45) is 0 Å². The number of hydrogen-bond acceptors (Lipinski definition) is 2. The summed E-state index contributed by atoms with van der Waals surface area (Å²) >= 11 is 0. The van der Waals surface area contributed by atoms with Crippen LogP contribution < -0.4 is 4.74 Å². The minimum absolute atomic E-state index is 0.208. The first-order chi connectivity index (χ1) is 17.1. The van der Waals surface area contributed by atoms with Crippen molar-refractivity contribution in [3.05, 3.63) is 29.8 Å². The van der Waals surface area contributed by atoms with Crippen LogP contribution in [-0.2, 0) is 0 Å². The Morgan fingerprint density at radius 3 is 1.49 bits per heavy atom. The number of halogens is 17. The first kappa shape index (κ1) is 34.8. The smallest absolute Gasteiger partial charge is 0.460 e. The summed E-state index contributed by atoms with van der Waals surface area (Å²) in [7, 11) is 0. The van der Waals surface area contributed by atoms with Gasteiger partial charge in [0.15, 0.2) is 0 Å².